The molecule has 4 nitrogen and oxygen atoms in total. The van der Waals surface area contributed by atoms with Gasteiger partial charge < -0.3 is 4.74 Å². The highest BCUT2D eigenvalue weighted by molar-refractivity contribution is 7.99. The van der Waals surface area contributed by atoms with Gasteiger partial charge in [0.25, 0.3) is 0 Å². The molecule has 2 aromatic rings. The molecule has 0 N–H and O–H groups in total. The maximum atomic E-state index is 5.24. The lowest BCUT2D eigenvalue weighted by atomic mass is 10.1. The molecular weight excluding hydrogens is 234 g/mol. The zero-order chi connectivity index (χ0) is 11.7. The van der Waals surface area contributed by atoms with Gasteiger partial charge in [0.1, 0.15) is 11.6 Å². The third-order valence-electron chi connectivity index (χ3n) is 3.18. The fourth-order valence-corrected chi connectivity index (χ4v) is 3.47. The van der Waals surface area contributed by atoms with Crippen molar-refractivity contribution < 1.29 is 4.74 Å². The number of rotatable bonds is 3. The molecule has 2 aromatic heterocycles. The first kappa shape index (κ1) is 10.9. The molecule has 0 saturated carbocycles. The molecule has 0 spiro atoms. The second-order valence-corrected chi connectivity index (χ2v) is 5.50. The van der Waals surface area contributed by atoms with Gasteiger partial charge in [-0.05, 0) is 36.0 Å². The molecule has 0 aromatic carbocycles. The van der Waals surface area contributed by atoms with Crippen LogP contribution in [0.25, 0.3) is 5.65 Å². The van der Waals surface area contributed by atoms with Crippen LogP contribution in [0.4, 0.5) is 0 Å². The van der Waals surface area contributed by atoms with Gasteiger partial charge in [-0.1, -0.05) is 0 Å². The van der Waals surface area contributed by atoms with Crippen LogP contribution < -0.4 is 4.74 Å². The molecule has 1 aliphatic heterocycles. The van der Waals surface area contributed by atoms with E-state index in [0.29, 0.717) is 0 Å². The largest absolute Gasteiger partial charge is 0.495 e. The summed E-state index contributed by atoms with van der Waals surface area (Å²) in [5.41, 5.74) is 0.895. The molecule has 1 unspecified atom stereocenters. The van der Waals surface area contributed by atoms with E-state index in [1.54, 1.807) is 7.11 Å². The van der Waals surface area contributed by atoms with E-state index in [1.807, 2.05) is 34.5 Å². The molecule has 90 valence electrons. The number of ether oxygens (including phenoxy) is 1. The van der Waals surface area contributed by atoms with Gasteiger partial charge in [-0.25, -0.2) is 0 Å². The van der Waals surface area contributed by atoms with Gasteiger partial charge in [-0.2, -0.15) is 11.8 Å². The molecule has 0 amide bonds. The van der Waals surface area contributed by atoms with Crippen LogP contribution in [-0.2, 0) is 6.42 Å². The summed E-state index contributed by atoms with van der Waals surface area (Å²) in [5, 5.41) is 8.47. The van der Waals surface area contributed by atoms with E-state index in [2.05, 4.69) is 10.2 Å². The summed E-state index contributed by atoms with van der Waals surface area (Å²) in [6.07, 6.45) is 4.28. The Morgan fingerprint density at radius 3 is 3.18 bits per heavy atom. The Morgan fingerprint density at radius 2 is 2.41 bits per heavy atom. The van der Waals surface area contributed by atoms with Gasteiger partial charge in [-0.3, -0.25) is 4.40 Å². The fourth-order valence-electron chi connectivity index (χ4n) is 2.18. The van der Waals surface area contributed by atoms with Gasteiger partial charge in [-0.15, -0.1) is 10.2 Å². The number of methoxy groups -OCH3 is 1. The number of hydrogen-bond donors (Lipinski definition) is 0. The van der Waals surface area contributed by atoms with E-state index in [-0.39, 0.29) is 0 Å². The normalized spacial score (nSPS) is 19.9. The molecule has 0 bridgehead atoms. The molecule has 3 heterocycles. The number of fused-ring (bicyclic) bond motifs is 1. The number of aromatic nitrogens is 3. The zero-order valence-corrected chi connectivity index (χ0v) is 10.6. The van der Waals surface area contributed by atoms with Crippen molar-refractivity contribution in [2.75, 3.05) is 18.6 Å². The van der Waals surface area contributed by atoms with Gasteiger partial charge in [0, 0.05) is 6.42 Å². The molecule has 0 aliphatic carbocycles. The Bertz CT molecular complexity index is 519. The Hall–Kier alpha value is -1.23. The second-order valence-electron chi connectivity index (χ2n) is 4.35. The minimum Gasteiger partial charge on any atom is -0.495 e. The summed E-state index contributed by atoms with van der Waals surface area (Å²) in [6, 6.07) is 3.86. The van der Waals surface area contributed by atoms with Crippen molar-refractivity contribution in [3.8, 4) is 5.75 Å². The smallest absolute Gasteiger partial charge is 0.161 e. The predicted molar refractivity (Wildman–Crippen MR) is 68.7 cm³/mol. The molecule has 1 fully saturated rings. The lowest BCUT2D eigenvalue weighted by Gasteiger charge is -2.06. The summed E-state index contributed by atoms with van der Waals surface area (Å²) in [4.78, 5) is 0. The van der Waals surface area contributed by atoms with E-state index < -0.39 is 0 Å². The molecule has 17 heavy (non-hydrogen) atoms. The van der Waals surface area contributed by atoms with Crippen molar-refractivity contribution in [2.45, 2.75) is 12.8 Å². The van der Waals surface area contributed by atoms with Crippen molar-refractivity contribution in [2.24, 2.45) is 5.92 Å². The maximum absolute atomic E-state index is 5.24. The van der Waals surface area contributed by atoms with Gasteiger partial charge in [0.05, 0.1) is 13.3 Å². The second kappa shape index (κ2) is 4.56. The Labute approximate surface area is 104 Å². The highest BCUT2D eigenvalue weighted by Crippen LogP contribution is 2.26. The van der Waals surface area contributed by atoms with Crippen molar-refractivity contribution in [1.82, 2.24) is 14.6 Å². The zero-order valence-electron chi connectivity index (χ0n) is 9.80. The highest BCUT2D eigenvalue weighted by atomic mass is 32.2. The van der Waals surface area contributed by atoms with Crippen LogP contribution in [-0.4, -0.2) is 33.2 Å². The minimum atomic E-state index is 0.749. The van der Waals surface area contributed by atoms with Crippen LogP contribution in [0.15, 0.2) is 18.3 Å². The number of hydrogen-bond acceptors (Lipinski definition) is 4. The molecule has 1 aliphatic rings. The lowest BCUT2D eigenvalue weighted by Crippen LogP contribution is -2.06. The standard InChI is InChI=1S/C12H15N3OS/c1-16-10-2-3-11-13-14-12(15(11)7-10)6-9-4-5-17-8-9/h2-3,7,9H,4-6,8H2,1H3. The predicted octanol–water partition coefficient (Wildman–Crippen LogP) is 2.03. The average molecular weight is 249 g/mol. The molecule has 0 radical (unpaired) electrons. The first-order valence-corrected chi connectivity index (χ1v) is 6.97. The molecular formula is C12H15N3OS. The number of pyridine rings is 1. The van der Waals surface area contributed by atoms with Gasteiger partial charge in [0.15, 0.2) is 5.65 Å². The number of nitrogens with zero attached hydrogens (tertiary/aromatic N) is 3. The quantitative estimate of drug-likeness (QED) is 0.834. The Kier molecular flexibility index (Phi) is 2.93. The average Bonchev–Trinajstić information content (AvgIpc) is 2.99. The third kappa shape index (κ3) is 2.11. The van der Waals surface area contributed by atoms with E-state index >= 15 is 0 Å². The van der Waals surface area contributed by atoms with Crippen LogP contribution in [0.1, 0.15) is 12.2 Å². The molecule has 5 heteroatoms. The minimum absolute atomic E-state index is 0.749. The SMILES string of the molecule is COc1ccc2nnc(CC3CCSC3)n2c1. The topological polar surface area (TPSA) is 39.4 Å². The van der Waals surface area contributed by atoms with Crippen molar-refractivity contribution in [3.05, 3.63) is 24.2 Å². The first-order valence-electron chi connectivity index (χ1n) is 5.82. The third-order valence-corrected chi connectivity index (χ3v) is 4.41. The summed E-state index contributed by atoms with van der Waals surface area (Å²) >= 11 is 2.03. The van der Waals surface area contributed by atoms with Gasteiger partial charge >= 0.3 is 0 Å². The van der Waals surface area contributed by atoms with Crippen molar-refractivity contribution in [3.63, 3.8) is 0 Å². The van der Waals surface area contributed by atoms with E-state index in [9.17, 15) is 0 Å². The van der Waals surface area contributed by atoms with Crippen molar-refractivity contribution in [1.29, 1.82) is 0 Å². The summed E-state index contributed by atoms with van der Waals surface area (Å²) in [7, 11) is 1.68. The van der Waals surface area contributed by atoms with Crippen LogP contribution in [0.5, 0.6) is 5.75 Å². The summed E-state index contributed by atoms with van der Waals surface area (Å²) < 4.78 is 7.28. The lowest BCUT2D eigenvalue weighted by molar-refractivity contribution is 0.412. The Balaban J connectivity index is 1.92. The monoisotopic (exact) mass is 249 g/mol. The van der Waals surface area contributed by atoms with Crippen LogP contribution in [0.2, 0.25) is 0 Å². The van der Waals surface area contributed by atoms with Gasteiger partial charge in [0.2, 0.25) is 0 Å². The molecule has 1 saturated heterocycles. The van der Waals surface area contributed by atoms with Crippen LogP contribution in [0, 0.1) is 5.92 Å². The van der Waals surface area contributed by atoms with E-state index in [1.165, 1.54) is 17.9 Å². The summed E-state index contributed by atoms with van der Waals surface area (Å²) in [6.45, 7) is 0. The highest BCUT2D eigenvalue weighted by Gasteiger charge is 2.18. The Morgan fingerprint density at radius 1 is 1.47 bits per heavy atom. The first-order chi connectivity index (χ1) is 8.36. The molecule has 1 atom stereocenters. The number of thioether (sulfide) groups is 1. The molecule has 3 rings (SSSR count). The fraction of sp³-hybridized carbons (Fsp3) is 0.500. The van der Waals surface area contributed by atoms with E-state index in [4.69, 9.17) is 4.74 Å². The van der Waals surface area contributed by atoms with Crippen LogP contribution >= 0.6 is 11.8 Å². The maximum Gasteiger partial charge on any atom is 0.161 e. The van der Waals surface area contributed by atoms with E-state index in [0.717, 1.165) is 29.6 Å². The van der Waals surface area contributed by atoms with Crippen molar-refractivity contribution >= 4 is 17.4 Å². The summed E-state index contributed by atoms with van der Waals surface area (Å²) in [5.74, 6) is 5.17. The van der Waals surface area contributed by atoms with Crippen LogP contribution in [0.3, 0.4) is 0 Å².